The highest BCUT2D eigenvalue weighted by Crippen LogP contribution is 2.25. The Bertz CT molecular complexity index is 528. The van der Waals surface area contributed by atoms with Gasteiger partial charge >= 0.3 is 0 Å². The lowest BCUT2D eigenvalue weighted by Crippen LogP contribution is -2.37. The summed E-state index contributed by atoms with van der Waals surface area (Å²) in [5.74, 6) is 1.09. The van der Waals surface area contributed by atoms with E-state index in [1.807, 2.05) is 24.3 Å². The van der Waals surface area contributed by atoms with Crippen molar-refractivity contribution in [3.8, 4) is 0 Å². The number of halogens is 1. The van der Waals surface area contributed by atoms with Gasteiger partial charge in [-0.2, -0.15) is 0 Å². The summed E-state index contributed by atoms with van der Waals surface area (Å²) in [4.78, 5) is 17.4. The largest absolute Gasteiger partial charge is 0.337 e. The van der Waals surface area contributed by atoms with E-state index in [4.69, 9.17) is 0 Å². The third-order valence-corrected chi connectivity index (χ3v) is 6.16. The van der Waals surface area contributed by atoms with Crippen LogP contribution in [0.4, 0.5) is 0 Å². The number of benzene rings is 1. The molecule has 23 heavy (non-hydrogen) atoms. The van der Waals surface area contributed by atoms with Crippen molar-refractivity contribution in [2.24, 2.45) is 5.92 Å². The van der Waals surface area contributed by atoms with Crippen molar-refractivity contribution >= 4 is 28.5 Å². The maximum Gasteiger partial charge on any atom is 0.254 e. The number of carbonyl (C=O) groups excluding carboxylic acids is 1. The molecule has 1 saturated heterocycles. The predicted molar refractivity (Wildman–Crippen MR) is 103 cm³/mol. The lowest BCUT2D eigenvalue weighted by Gasteiger charge is -2.28. The predicted octanol–water partition coefficient (Wildman–Crippen LogP) is 4.02. The first-order valence-electron chi connectivity index (χ1n) is 9.00. The van der Waals surface area contributed by atoms with Gasteiger partial charge in [0, 0.05) is 29.7 Å². The molecular formula is C19H27IN2O. The Morgan fingerprint density at radius 3 is 2.57 bits per heavy atom. The minimum atomic E-state index is 0.203. The molecule has 1 aliphatic carbocycles. The van der Waals surface area contributed by atoms with E-state index in [1.165, 1.54) is 38.6 Å². The molecule has 1 heterocycles. The van der Waals surface area contributed by atoms with Crippen LogP contribution in [0.1, 0.15) is 48.9 Å². The molecule has 0 N–H and O–H groups in total. The summed E-state index contributed by atoms with van der Waals surface area (Å²) in [5, 5.41) is 0. The minimum absolute atomic E-state index is 0.203. The van der Waals surface area contributed by atoms with Gasteiger partial charge in [0.25, 0.3) is 5.91 Å². The van der Waals surface area contributed by atoms with Crippen molar-refractivity contribution in [1.29, 1.82) is 0 Å². The van der Waals surface area contributed by atoms with Crippen molar-refractivity contribution in [3.05, 3.63) is 33.4 Å². The molecule has 4 heteroatoms. The quantitative estimate of drug-likeness (QED) is 0.682. The van der Waals surface area contributed by atoms with Crippen LogP contribution in [0.3, 0.4) is 0 Å². The normalized spacial score (nSPS) is 21.2. The van der Waals surface area contributed by atoms with E-state index in [2.05, 4.69) is 32.4 Å². The van der Waals surface area contributed by atoms with Crippen LogP contribution in [0.2, 0.25) is 0 Å². The second-order valence-corrected chi connectivity index (χ2v) is 8.09. The summed E-state index contributed by atoms with van der Waals surface area (Å²) in [7, 11) is 0. The average molecular weight is 426 g/mol. The Labute approximate surface area is 153 Å². The summed E-state index contributed by atoms with van der Waals surface area (Å²) in [6, 6.07) is 7.92. The number of rotatable bonds is 3. The van der Waals surface area contributed by atoms with Crippen molar-refractivity contribution in [3.63, 3.8) is 0 Å². The van der Waals surface area contributed by atoms with Crippen molar-refractivity contribution in [2.75, 3.05) is 32.7 Å². The van der Waals surface area contributed by atoms with E-state index in [9.17, 15) is 4.79 Å². The third-order valence-electron chi connectivity index (χ3n) is 5.22. The summed E-state index contributed by atoms with van der Waals surface area (Å²) >= 11 is 2.26. The minimum Gasteiger partial charge on any atom is -0.337 e. The standard InChI is InChI=1S/C19H27IN2O/c20-18-10-5-4-9-17(18)19(23)22-12-6-11-21(13-14-22)15-16-7-2-1-3-8-16/h4-5,9-10,16H,1-3,6-8,11-15H2. The molecule has 2 aliphatic rings. The Morgan fingerprint density at radius 2 is 1.78 bits per heavy atom. The lowest BCUT2D eigenvalue weighted by atomic mass is 9.89. The first-order chi connectivity index (χ1) is 11.2. The number of nitrogens with zero attached hydrogens (tertiary/aromatic N) is 2. The molecule has 2 fully saturated rings. The topological polar surface area (TPSA) is 23.6 Å². The Hall–Kier alpha value is -0.620. The number of hydrogen-bond donors (Lipinski definition) is 0. The van der Waals surface area contributed by atoms with Crippen LogP contribution in [-0.2, 0) is 0 Å². The third kappa shape index (κ3) is 4.69. The maximum absolute atomic E-state index is 12.8. The van der Waals surface area contributed by atoms with Gasteiger partial charge in [-0.25, -0.2) is 0 Å². The van der Waals surface area contributed by atoms with Gasteiger partial charge in [-0.1, -0.05) is 31.4 Å². The Balaban J connectivity index is 1.55. The molecule has 3 rings (SSSR count). The lowest BCUT2D eigenvalue weighted by molar-refractivity contribution is 0.0759. The van der Waals surface area contributed by atoms with E-state index in [1.54, 1.807) is 0 Å². The molecule has 1 aromatic rings. The average Bonchev–Trinajstić information content (AvgIpc) is 2.81. The highest BCUT2D eigenvalue weighted by molar-refractivity contribution is 14.1. The fraction of sp³-hybridized carbons (Fsp3) is 0.632. The Morgan fingerprint density at radius 1 is 1.00 bits per heavy atom. The second kappa shape index (κ2) is 8.47. The van der Waals surface area contributed by atoms with Gasteiger partial charge in [-0.15, -0.1) is 0 Å². The zero-order valence-electron chi connectivity index (χ0n) is 13.8. The Kier molecular flexibility index (Phi) is 6.34. The molecule has 0 atom stereocenters. The molecule has 0 radical (unpaired) electrons. The first kappa shape index (κ1) is 17.2. The fourth-order valence-corrected chi connectivity index (χ4v) is 4.51. The van der Waals surface area contributed by atoms with Gasteiger partial charge in [0.2, 0.25) is 0 Å². The summed E-state index contributed by atoms with van der Waals surface area (Å²) in [6.07, 6.45) is 8.16. The van der Waals surface area contributed by atoms with Crippen LogP contribution in [0.25, 0.3) is 0 Å². The number of carbonyl (C=O) groups is 1. The molecule has 1 aromatic carbocycles. The maximum atomic E-state index is 12.8. The molecule has 1 aliphatic heterocycles. The molecular weight excluding hydrogens is 399 g/mol. The molecule has 0 unspecified atom stereocenters. The molecule has 0 spiro atoms. The van der Waals surface area contributed by atoms with Gasteiger partial charge in [0.05, 0.1) is 5.56 Å². The zero-order chi connectivity index (χ0) is 16.1. The van der Waals surface area contributed by atoms with Crippen molar-refractivity contribution < 1.29 is 4.79 Å². The second-order valence-electron chi connectivity index (χ2n) is 6.93. The van der Waals surface area contributed by atoms with Gasteiger partial charge in [-0.3, -0.25) is 4.79 Å². The van der Waals surface area contributed by atoms with E-state index >= 15 is 0 Å². The molecule has 3 nitrogen and oxygen atoms in total. The monoisotopic (exact) mass is 426 g/mol. The summed E-state index contributed by atoms with van der Waals surface area (Å²) in [6.45, 7) is 5.18. The van der Waals surface area contributed by atoms with Gasteiger partial charge in [0.15, 0.2) is 0 Å². The highest BCUT2D eigenvalue weighted by Gasteiger charge is 2.23. The highest BCUT2D eigenvalue weighted by atomic mass is 127. The molecule has 0 aromatic heterocycles. The van der Waals surface area contributed by atoms with Gasteiger partial charge in [0.1, 0.15) is 0 Å². The number of hydrogen-bond acceptors (Lipinski definition) is 2. The van der Waals surface area contributed by atoms with E-state index in [-0.39, 0.29) is 5.91 Å². The van der Waals surface area contributed by atoms with Crippen LogP contribution in [0.15, 0.2) is 24.3 Å². The van der Waals surface area contributed by atoms with Crippen molar-refractivity contribution in [1.82, 2.24) is 9.80 Å². The van der Waals surface area contributed by atoms with Crippen LogP contribution in [-0.4, -0.2) is 48.4 Å². The van der Waals surface area contributed by atoms with Crippen LogP contribution in [0, 0.1) is 9.49 Å². The van der Waals surface area contributed by atoms with Crippen LogP contribution < -0.4 is 0 Å². The van der Waals surface area contributed by atoms with E-state index in [0.29, 0.717) is 0 Å². The molecule has 126 valence electrons. The van der Waals surface area contributed by atoms with Gasteiger partial charge < -0.3 is 9.80 Å². The summed E-state index contributed by atoms with van der Waals surface area (Å²) in [5.41, 5.74) is 0.855. The molecule has 0 bridgehead atoms. The van der Waals surface area contributed by atoms with E-state index < -0.39 is 0 Å². The fourth-order valence-electron chi connectivity index (χ4n) is 3.90. The van der Waals surface area contributed by atoms with Crippen LogP contribution >= 0.6 is 22.6 Å². The first-order valence-corrected chi connectivity index (χ1v) is 10.1. The van der Waals surface area contributed by atoms with E-state index in [0.717, 1.165) is 47.7 Å². The SMILES string of the molecule is O=C(c1ccccc1I)N1CCCN(CC2CCCCC2)CC1. The zero-order valence-corrected chi connectivity index (χ0v) is 16.0. The molecule has 1 saturated carbocycles. The smallest absolute Gasteiger partial charge is 0.254 e. The molecule has 1 amide bonds. The van der Waals surface area contributed by atoms with Gasteiger partial charge in [-0.05, 0) is 66.4 Å². The number of amides is 1. The van der Waals surface area contributed by atoms with Crippen molar-refractivity contribution in [2.45, 2.75) is 38.5 Å². The van der Waals surface area contributed by atoms with Crippen LogP contribution in [0.5, 0.6) is 0 Å². The summed E-state index contributed by atoms with van der Waals surface area (Å²) < 4.78 is 1.05.